The fourth-order valence-corrected chi connectivity index (χ4v) is 3.45. The largest absolute Gasteiger partial charge is 0.506 e. The number of nitrogens with one attached hydrogen (secondary N) is 1. The van der Waals surface area contributed by atoms with Crippen LogP contribution in [0, 0.1) is 13.7 Å². The van der Waals surface area contributed by atoms with E-state index in [9.17, 15) is 23.6 Å². The van der Waals surface area contributed by atoms with E-state index in [2.05, 4.69) is 5.10 Å². The van der Waals surface area contributed by atoms with Gasteiger partial charge in [0, 0.05) is 23.8 Å². The summed E-state index contributed by atoms with van der Waals surface area (Å²) in [7, 11) is -1.25. The first kappa shape index (κ1) is 20.7. The molecule has 10 nitrogen and oxygen atoms in total. The van der Waals surface area contributed by atoms with Gasteiger partial charge in [-0.25, -0.2) is 4.83 Å². The minimum atomic E-state index is -4.04. The summed E-state index contributed by atoms with van der Waals surface area (Å²) in [6.45, 7) is 0. The Hall–Kier alpha value is -2.61. The molecule has 0 radical (unpaired) electrons. The van der Waals surface area contributed by atoms with Crippen molar-refractivity contribution in [3.63, 3.8) is 0 Å². The number of phenolic OH excluding ortho intramolecular Hbond substituents is 1. The normalized spacial score (nSPS) is 11.4. The molecule has 2 aromatic rings. The number of phenols is 1. The second-order valence-corrected chi connectivity index (χ2v) is 7.82. The Bertz CT molecular complexity index is 1010. The Morgan fingerprint density at radius 1 is 1.22 bits per heavy atom. The number of methoxy groups -OCH3 is 2. The number of halogens is 1. The Morgan fingerprint density at radius 3 is 2.48 bits per heavy atom. The molecule has 0 unspecified atom stereocenters. The molecular weight excluding hydrogens is 493 g/mol. The number of benzene rings is 2. The highest BCUT2D eigenvalue weighted by Gasteiger charge is 2.17. The fourth-order valence-electron chi connectivity index (χ4n) is 2.01. The van der Waals surface area contributed by atoms with Gasteiger partial charge in [0.15, 0.2) is 11.5 Å². The quantitative estimate of drug-likeness (QED) is 0.254. The topological polar surface area (TPSA) is 140 Å². The first-order chi connectivity index (χ1) is 12.7. The summed E-state index contributed by atoms with van der Waals surface area (Å²) in [5, 5.41) is 24.4. The molecule has 12 heteroatoms. The van der Waals surface area contributed by atoms with Crippen LogP contribution in [0.15, 0.2) is 40.3 Å². The monoisotopic (exact) mass is 507 g/mol. The first-order valence-corrected chi connectivity index (χ1v) is 9.69. The van der Waals surface area contributed by atoms with E-state index >= 15 is 0 Å². The standard InChI is InChI=1S/C15H14IN3O7S/c1-25-13-4-3-11(7-14(13)26-2)27(23,24)18-17-8-9-5-10(19(21)22)6-12(16)15(9)20/h3-8,18,20H,1-2H3/b17-8+. The van der Waals surface area contributed by atoms with Crippen molar-refractivity contribution in [3.05, 3.63) is 49.6 Å². The maximum Gasteiger partial charge on any atom is 0.276 e. The van der Waals surface area contributed by atoms with Crippen molar-refractivity contribution in [1.82, 2.24) is 4.83 Å². The zero-order valence-electron chi connectivity index (χ0n) is 14.0. The maximum absolute atomic E-state index is 12.3. The molecule has 0 heterocycles. The van der Waals surface area contributed by atoms with E-state index in [0.717, 1.165) is 12.3 Å². The number of nitro benzene ring substituents is 1. The number of nitrogens with zero attached hydrogens (tertiary/aromatic N) is 2. The predicted molar refractivity (Wildman–Crippen MR) is 105 cm³/mol. The van der Waals surface area contributed by atoms with Crippen molar-refractivity contribution in [1.29, 1.82) is 0 Å². The molecule has 0 amide bonds. The third kappa shape index (κ3) is 4.77. The summed E-state index contributed by atoms with van der Waals surface area (Å²) in [6.07, 6.45) is 0.975. The van der Waals surface area contributed by atoms with E-state index in [0.29, 0.717) is 5.75 Å². The second-order valence-electron chi connectivity index (χ2n) is 4.99. The number of hydrazone groups is 1. The zero-order chi connectivity index (χ0) is 20.2. The highest BCUT2D eigenvalue weighted by Crippen LogP contribution is 2.30. The average molecular weight is 507 g/mol. The van der Waals surface area contributed by atoms with E-state index in [1.807, 2.05) is 4.83 Å². The number of hydrogen-bond acceptors (Lipinski definition) is 8. The molecule has 2 rings (SSSR count). The van der Waals surface area contributed by atoms with Gasteiger partial charge in [0.2, 0.25) is 0 Å². The van der Waals surface area contributed by atoms with Crippen molar-refractivity contribution in [3.8, 4) is 17.2 Å². The van der Waals surface area contributed by atoms with Crippen LogP contribution in [0.2, 0.25) is 0 Å². The summed E-state index contributed by atoms with van der Waals surface area (Å²) >= 11 is 1.72. The lowest BCUT2D eigenvalue weighted by molar-refractivity contribution is -0.385. The van der Waals surface area contributed by atoms with Gasteiger partial charge in [0.1, 0.15) is 5.75 Å². The number of non-ortho nitro benzene ring substituents is 1. The van der Waals surface area contributed by atoms with Crippen molar-refractivity contribution in [2.75, 3.05) is 14.2 Å². The smallest absolute Gasteiger partial charge is 0.276 e. The van der Waals surface area contributed by atoms with E-state index in [4.69, 9.17) is 9.47 Å². The molecule has 144 valence electrons. The Balaban J connectivity index is 2.29. The molecule has 0 saturated heterocycles. The predicted octanol–water partition coefficient (Wildman–Crippen LogP) is 2.23. The molecule has 0 aliphatic carbocycles. The number of sulfonamides is 1. The molecule has 0 spiro atoms. The van der Waals surface area contributed by atoms with Crippen LogP contribution in [0.25, 0.3) is 0 Å². The molecule has 2 N–H and O–H groups in total. The third-order valence-corrected chi connectivity index (χ3v) is 5.37. The van der Waals surface area contributed by atoms with Crippen molar-refractivity contribution >= 4 is 44.5 Å². The average Bonchev–Trinajstić information content (AvgIpc) is 2.64. The van der Waals surface area contributed by atoms with Crippen molar-refractivity contribution < 1.29 is 27.9 Å². The van der Waals surface area contributed by atoms with Gasteiger partial charge < -0.3 is 14.6 Å². The number of ether oxygens (including phenoxy) is 2. The molecule has 27 heavy (non-hydrogen) atoms. The lowest BCUT2D eigenvalue weighted by Gasteiger charge is -2.09. The summed E-state index contributed by atoms with van der Waals surface area (Å²) < 4.78 is 35.0. The summed E-state index contributed by atoms with van der Waals surface area (Å²) in [5.74, 6) is 0.321. The number of nitro groups is 1. The molecule has 0 atom stereocenters. The molecule has 2 aromatic carbocycles. The highest BCUT2D eigenvalue weighted by molar-refractivity contribution is 14.1. The van der Waals surface area contributed by atoms with Crippen LogP contribution in [-0.2, 0) is 10.0 Å². The van der Waals surface area contributed by atoms with Gasteiger partial charge in [-0.15, -0.1) is 0 Å². The minimum Gasteiger partial charge on any atom is -0.506 e. The van der Waals surface area contributed by atoms with Gasteiger partial charge in [-0.1, -0.05) is 0 Å². The lowest BCUT2D eigenvalue weighted by Crippen LogP contribution is -2.18. The Kier molecular flexibility index (Phi) is 6.43. The second kappa shape index (κ2) is 8.39. The molecule has 0 bridgehead atoms. The molecule has 0 saturated carbocycles. The SMILES string of the molecule is COc1ccc(S(=O)(=O)N/N=C/c2cc([N+](=O)[O-])cc(I)c2O)cc1OC. The van der Waals surface area contributed by atoms with Crippen LogP contribution in [0.4, 0.5) is 5.69 Å². The summed E-state index contributed by atoms with van der Waals surface area (Å²) in [6, 6.07) is 6.23. The molecular formula is C15H14IN3O7S. The molecule has 0 aliphatic rings. The number of hydrogen-bond donors (Lipinski definition) is 2. The van der Waals surface area contributed by atoms with Crippen LogP contribution in [0.1, 0.15) is 5.56 Å². The molecule has 0 aromatic heterocycles. The van der Waals surface area contributed by atoms with Gasteiger partial charge in [0.25, 0.3) is 15.7 Å². The van der Waals surface area contributed by atoms with E-state index in [-0.39, 0.29) is 31.2 Å². The number of aromatic hydroxyl groups is 1. The van der Waals surface area contributed by atoms with Crippen molar-refractivity contribution in [2.24, 2.45) is 5.10 Å². The third-order valence-electron chi connectivity index (χ3n) is 3.33. The number of rotatable bonds is 7. The van der Waals surface area contributed by atoms with Gasteiger partial charge >= 0.3 is 0 Å². The fraction of sp³-hybridized carbons (Fsp3) is 0.133. The van der Waals surface area contributed by atoms with E-state index in [1.165, 1.54) is 38.5 Å². The zero-order valence-corrected chi connectivity index (χ0v) is 17.0. The maximum atomic E-state index is 12.3. The lowest BCUT2D eigenvalue weighted by atomic mass is 10.2. The van der Waals surface area contributed by atoms with Crippen LogP contribution in [-0.4, -0.2) is 38.9 Å². The summed E-state index contributed by atoms with van der Waals surface area (Å²) in [4.78, 5) is 12.1. The van der Waals surface area contributed by atoms with E-state index in [1.54, 1.807) is 22.6 Å². The van der Waals surface area contributed by atoms with Gasteiger partial charge in [-0.05, 0) is 34.7 Å². The van der Waals surface area contributed by atoms with Crippen molar-refractivity contribution in [2.45, 2.75) is 4.90 Å². The van der Waals surface area contributed by atoms with Gasteiger partial charge in [0.05, 0.1) is 33.8 Å². The molecule has 0 aliphatic heterocycles. The van der Waals surface area contributed by atoms with Crippen LogP contribution < -0.4 is 14.3 Å². The van der Waals surface area contributed by atoms with E-state index < -0.39 is 14.9 Å². The van der Waals surface area contributed by atoms with Gasteiger partial charge in [-0.2, -0.15) is 13.5 Å². The first-order valence-electron chi connectivity index (χ1n) is 7.13. The minimum absolute atomic E-state index is 0.0105. The van der Waals surface area contributed by atoms with Gasteiger partial charge in [-0.3, -0.25) is 10.1 Å². The van der Waals surface area contributed by atoms with Crippen LogP contribution in [0.5, 0.6) is 17.2 Å². The molecule has 0 fully saturated rings. The van der Waals surface area contributed by atoms with Crippen LogP contribution in [0.3, 0.4) is 0 Å². The Morgan fingerprint density at radius 2 is 1.89 bits per heavy atom. The highest BCUT2D eigenvalue weighted by atomic mass is 127. The van der Waals surface area contributed by atoms with Crippen LogP contribution >= 0.6 is 22.6 Å². The summed E-state index contributed by atoms with van der Waals surface area (Å²) in [5.41, 5.74) is -0.273. The Labute approximate surface area is 168 Å².